The van der Waals surface area contributed by atoms with Gasteiger partial charge >= 0.3 is 0 Å². The molecule has 0 atom stereocenters. The van der Waals surface area contributed by atoms with Crippen molar-refractivity contribution >= 4 is 45.3 Å². The number of thiophene rings is 1. The van der Waals surface area contributed by atoms with Crippen LogP contribution in [0, 0.1) is 10.1 Å². The van der Waals surface area contributed by atoms with E-state index in [4.69, 9.17) is 9.37 Å². The first kappa shape index (κ1) is 21.8. The van der Waals surface area contributed by atoms with E-state index in [9.17, 15) is 14.9 Å². The fourth-order valence-electron chi connectivity index (χ4n) is 3.93. The van der Waals surface area contributed by atoms with Gasteiger partial charge in [-0.25, -0.2) is 4.63 Å². The molecule has 1 saturated heterocycles. The molecule has 0 spiro atoms. The van der Waals surface area contributed by atoms with E-state index < -0.39 is 4.92 Å². The third-order valence-corrected chi connectivity index (χ3v) is 6.65. The zero-order valence-corrected chi connectivity index (χ0v) is 18.9. The van der Waals surface area contributed by atoms with Crippen molar-refractivity contribution in [1.29, 1.82) is 0 Å². The minimum Gasteiger partial charge on any atom is -0.489 e. The van der Waals surface area contributed by atoms with Crippen molar-refractivity contribution in [2.45, 2.75) is 25.9 Å². The maximum Gasteiger partial charge on any atom is 0.269 e. The van der Waals surface area contributed by atoms with E-state index in [-0.39, 0.29) is 18.2 Å². The van der Waals surface area contributed by atoms with Gasteiger partial charge in [0, 0.05) is 30.8 Å². The smallest absolute Gasteiger partial charge is 0.269 e. The van der Waals surface area contributed by atoms with E-state index >= 15 is 0 Å². The summed E-state index contributed by atoms with van der Waals surface area (Å²) < 4.78 is 10.7. The van der Waals surface area contributed by atoms with Gasteiger partial charge in [0.2, 0.25) is 0 Å². The van der Waals surface area contributed by atoms with Crippen LogP contribution in [0.4, 0.5) is 17.1 Å². The van der Waals surface area contributed by atoms with Crippen LogP contribution in [0.2, 0.25) is 0 Å². The predicted molar refractivity (Wildman–Crippen MR) is 128 cm³/mol. The van der Waals surface area contributed by atoms with Gasteiger partial charge in [-0.15, -0.1) is 11.3 Å². The van der Waals surface area contributed by atoms with Gasteiger partial charge in [-0.2, -0.15) is 0 Å². The maximum atomic E-state index is 12.9. The molecule has 11 heteroatoms. The fourth-order valence-corrected chi connectivity index (χ4v) is 4.72. The number of aromatic nitrogens is 2. The predicted octanol–water partition coefficient (Wildman–Crippen LogP) is 5.01. The first-order valence-corrected chi connectivity index (χ1v) is 11.7. The van der Waals surface area contributed by atoms with Gasteiger partial charge in [-0.05, 0) is 65.3 Å². The number of piperidine rings is 1. The summed E-state index contributed by atoms with van der Waals surface area (Å²) in [6, 6.07) is 11.4. The maximum absolute atomic E-state index is 12.9. The van der Waals surface area contributed by atoms with E-state index in [0.29, 0.717) is 27.3 Å². The van der Waals surface area contributed by atoms with Crippen LogP contribution in [0.3, 0.4) is 0 Å². The minimum absolute atomic E-state index is 0.00206. The lowest BCUT2D eigenvalue weighted by Crippen LogP contribution is -2.29. The molecule has 4 aromatic rings. The molecule has 2 aromatic heterocycles. The van der Waals surface area contributed by atoms with Crippen LogP contribution in [0.1, 0.15) is 34.5 Å². The number of non-ortho nitro benzene ring substituents is 1. The lowest BCUT2D eigenvalue weighted by molar-refractivity contribution is -0.384. The number of ether oxygens (including phenoxy) is 1. The van der Waals surface area contributed by atoms with E-state index in [1.165, 1.54) is 29.9 Å². The highest BCUT2D eigenvalue weighted by Crippen LogP contribution is 2.32. The summed E-state index contributed by atoms with van der Waals surface area (Å²) >= 11 is 1.30. The largest absolute Gasteiger partial charge is 0.489 e. The topological polar surface area (TPSA) is 124 Å². The van der Waals surface area contributed by atoms with Crippen molar-refractivity contribution in [2.75, 3.05) is 23.3 Å². The molecule has 1 amide bonds. The summed E-state index contributed by atoms with van der Waals surface area (Å²) in [5.74, 6) is 0.249. The van der Waals surface area contributed by atoms with Crippen molar-refractivity contribution in [2.24, 2.45) is 0 Å². The summed E-state index contributed by atoms with van der Waals surface area (Å²) in [6.45, 7) is 2.17. The van der Waals surface area contributed by atoms with E-state index in [2.05, 4.69) is 20.5 Å². The summed E-state index contributed by atoms with van der Waals surface area (Å²) in [7, 11) is 0. The summed E-state index contributed by atoms with van der Waals surface area (Å²) in [5, 5.41) is 23.6. The van der Waals surface area contributed by atoms with Gasteiger partial charge < -0.3 is 15.0 Å². The number of nitro benzene ring substituents is 1. The molecule has 34 heavy (non-hydrogen) atoms. The number of hydrogen-bond donors (Lipinski definition) is 1. The summed E-state index contributed by atoms with van der Waals surface area (Å²) in [5.41, 5.74) is 3.50. The van der Waals surface area contributed by atoms with Gasteiger partial charge in [-0.3, -0.25) is 14.9 Å². The van der Waals surface area contributed by atoms with E-state index in [0.717, 1.165) is 37.2 Å². The Balaban J connectivity index is 1.25. The second-order valence-electron chi connectivity index (χ2n) is 7.95. The standard InChI is InChI=1S/C23H21N5O5S/c29-23(20-12-15(14-34-20)13-32-17-6-4-16(5-7-17)28(30)31)24-18-8-9-19(22-21(18)25-33-26-22)27-10-2-1-3-11-27/h4-9,12,14H,1-3,10-11,13H2,(H,24,29). The van der Waals surface area contributed by atoms with Crippen LogP contribution < -0.4 is 15.0 Å². The summed E-state index contributed by atoms with van der Waals surface area (Å²) in [6.07, 6.45) is 3.51. The molecule has 1 fully saturated rings. The number of nitro groups is 1. The van der Waals surface area contributed by atoms with Gasteiger partial charge in [0.15, 0.2) is 11.0 Å². The number of rotatable bonds is 7. The lowest BCUT2D eigenvalue weighted by atomic mass is 10.1. The van der Waals surface area contributed by atoms with Crippen LogP contribution in [0.25, 0.3) is 11.0 Å². The van der Waals surface area contributed by atoms with Crippen molar-refractivity contribution in [3.05, 3.63) is 68.4 Å². The Morgan fingerprint density at radius 2 is 1.88 bits per heavy atom. The molecule has 3 heterocycles. The second kappa shape index (κ2) is 9.48. The summed E-state index contributed by atoms with van der Waals surface area (Å²) in [4.78, 5) is 25.9. The zero-order chi connectivity index (χ0) is 23.5. The average Bonchev–Trinajstić information content (AvgIpc) is 3.54. The molecule has 2 aromatic carbocycles. The number of amides is 1. The van der Waals surface area contributed by atoms with Gasteiger partial charge in [0.05, 0.1) is 21.2 Å². The Morgan fingerprint density at radius 1 is 1.12 bits per heavy atom. The van der Waals surface area contributed by atoms with E-state index in [1.807, 2.05) is 17.5 Å². The normalized spacial score (nSPS) is 13.7. The molecule has 10 nitrogen and oxygen atoms in total. The van der Waals surface area contributed by atoms with Crippen molar-refractivity contribution in [3.63, 3.8) is 0 Å². The lowest BCUT2D eigenvalue weighted by Gasteiger charge is -2.28. The number of carbonyl (C=O) groups is 1. The highest BCUT2D eigenvalue weighted by molar-refractivity contribution is 7.12. The number of fused-ring (bicyclic) bond motifs is 1. The van der Waals surface area contributed by atoms with Gasteiger partial charge in [-0.1, -0.05) is 0 Å². The van der Waals surface area contributed by atoms with Crippen LogP contribution in [0.5, 0.6) is 5.75 Å². The van der Waals surface area contributed by atoms with Gasteiger partial charge in [0.1, 0.15) is 12.4 Å². The second-order valence-corrected chi connectivity index (χ2v) is 8.87. The number of anilines is 2. The molecule has 0 aliphatic carbocycles. The van der Waals surface area contributed by atoms with E-state index in [1.54, 1.807) is 18.2 Å². The Labute approximate surface area is 198 Å². The Kier molecular flexibility index (Phi) is 6.09. The quantitative estimate of drug-likeness (QED) is 0.290. The number of carbonyl (C=O) groups excluding carboxylic acids is 1. The van der Waals surface area contributed by atoms with Gasteiger partial charge in [0.25, 0.3) is 11.6 Å². The number of nitrogens with one attached hydrogen (secondary N) is 1. The Hall–Kier alpha value is -3.99. The number of nitrogens with zero attached hydrogens (tertiary/aromatic N) is 4. The Bertz CT molecular complexity index is 1330. The van der Waals surface area contributed by atoms with Crippen molar-refractivity contribution < 1.29 is 19.1 Å². The highest BCUT2D eigenvalue weighted by atomic mass is 32.1. The SMILES string of the molecule is O=C(Nc1ccc(N2CCCCC2)c2nonc12)c1cc(COc2ccc([N+](=O)[O-])cc2)cs1. The third kappa shape index (κ3) is 4.55. The molecule has 5 rings (SSSR count). The first-order valence-electron chi connectivity index (χ1n) is 10.8. The highest BCUT2D eigenvalue weighted by Gasteiger charge is 2.20. The zero-order valence-electron chi connectivity index (χ0n) is 18.1. The average molecular weight is 480 g/mol. The fraction of sp³-hybridized carbons (Fsp3) is 0.261. The van der Waals surface area contributed by atoms with Crippen molar-refractivity contribution in [3.8, 4) is 5.75 Å². The van der Waals surface area contributed by atoms with Crippen molar-refractivity contribution in [1.82, 2.24) is 10.3 Å². The molecular formula is C23H21N5O5S. The minimum atomic E-state index is -0.461. The first-order chi connectivity index (χ1) is 16.6. The molecule has 1 aliphatic heterocycles. The number of benzene rings is 2. The third-order valence-electron chi connectivity index (χ3n) is 5.67. The molecule has 0 unspecified atom stereocenters. The molecular weight excluding hydrogens is 458 g/mol. The number of hydrogen-bond acceptors (Lipinski definition) is 9. The Morgan fingerprint density at radius 3 is 2.65 bits per heavy atom. The van der Waals surface area contributed by atoms with Crippen LogP contribution in [-0.2, 0) is 6.61 Å². The molecule has 0 bridgehead atoms. The van der Waals surface area contributed by atoms with Crippen LogP contribution in [0.15, 0.2) is 52.5 Å². The molecule has 1 N–H and O–H groups in total. The van der Waals surface area contributed by atoms with Crippen LogP contribution in [-0.4, -0.2) is 34.2 Å². The molecule has 174 valence electrons. The molecule has 0 saturated carbocycles. The molecule has 1 aliphatic rings. The molecule has 0 radical (unpaired) electrons. The monoisotopic (exact) mass is 479 g/mol. The van der Waals surface area contributed by atoms with Crippen LogP contribution >= 0.6 is 11.3 Å².